The quantitative estimate of drug-likeness (QED) is 0.439. The van der Waals surface area contributed by atoms with Gasteiger partial charge in [0, 0.05) is 31.3 Å². The molecule has 29 heavy (non-hydrogen) atoms. The number of nitro groups is 1. The number of non-ortho nitro benzene ring substituents is 1. The number of nitrogens with zero attached hydrogens (tertiary/aromatic N) is 2. The van der Waals surface area contributed by atoms with Crippen LogP contribution in [0.1, 0.15) is 43.0 Å². The average Bonchev–Trinajstić information content (AvgIpc) is 2.74. The van der Waals surface area contributed by atoms with Gasteiger partial charge in [0.05, 0.1) is 29.4 Å². The van der Waals surface area contributed by atoms with E-state index in [1.54, 1.807) is 6.07 Å². The van der Waals surface area contributed by atoms with Crippen molar-refractivity contribution in [3.63, 3.8) is 0 Å². The minimum Gasteiger partial charge on any atom is -0.452 e. The number of hydrogen-bond acceptors (Lipinski definition) is 7. The highest BCUT2D eigenvalue weighted by Gasteiger charge is 2.25. The maximum absolute atomic E-state index is 12.7. The lowest BCUT2D eigenvalue weighted by Crippen LogP contribution is -2.43. The van der Waals surface area contributed by atoms with Gasteiger partial charge in [0.2, 0.25) is 0 Å². The van der Waals surface area contributed by atoms with E-state index in [1.807, 2.05) is 4.90 Å². The van der Waals surface area contributed by atoms with Crippen molar-refractivity contribution < 1.29 is 24.0 Å². The van der Waals surface area contributed by atoms with Crippen LogP contribution in [-0.4, -0.2) is 55.8 Å². The Hall–Kier alpha value is -2.68. The molecule has 0 radical (unpaired) electrons. The van der Waals surface area contributed by atoms with E-state index in [0.29, 0.717) is 37.9 Å². The van der Waals surface area contributed by atoms with Gasteiger partial charge in [-0.05, 0) is 24.8 Å². The zero-order valence-electron chi connectivity index (χ0n) is 16.6. The van der Waals surface area contributed by atoms with Crippen molar-refractivity contribution in [2.24, 2.45) is 5.92 Å². The zero-order valence-corrected chi connectivity index (χ0v) is 16.6. The minimum atomic E-state index is -0.748. The number of ether oxygens (including phenoxy) is 2. The van der Waals surface area contributed by atoms with Gasteiger partial charge in [-0.1, -0.05) is 19.8 Å². The third-order valence-corrected chi connectivity index (χ3v) is 5.55. The molecule has 0 aromatic heterocycles. The number of nitro benzene ring substituents is 1. The Morgan fingerprint density at radius 3 is 2.69 bits per heavy atom. The monoisotopic (exact) mass is 405 g/mol. The van der Waals surface area contributed by atoms with Crippen molar-refractivity contribution in [3.8, 4) is 0 Å². The fourth-order valence-electron chi connectivity index (χ4n) is 3.87. The van der Waals surface area contributed by atoms with Gasteiger partial charge in [-0.25, -0.2) is 4.79 Å². The van der Waals surface area contributed by atoms with Gasteiger partial charge in [-0.2, -0.15) is 0 Å². The van der Waals surface area contributed by atoms with E-state index in [0.717, 1.165) is 19.3 Å². The van der Waals surface area contributed by atoms with Crippen molar-refractivity contribution in [1.82, 2.24) is 5.32 Å². The number of hydrogen-bond donors (Lipinski definition) is 1. The first-order valence-electron chi connectivity index (χ1n) is 10.0. The molecule has 1 saturated carbocycles. The van der Waals surface area contributed by atoms with Gasteiger partial charge in [-0.15, -0.1) is 0 Å². The van der Waals surface area contributed by atoms with E-state index in [2.05, 4.69) is 12.2 Å². The Morgan fingerprint density at radius 2 is 2.00 bits per heavy atom. The summed E-state index contributed by atoms with van der Waals surface area (Å²) in [7, 11) is 0. The molecule has 2 fully saturated rings. The Morgan fingerprint density at radius 1 is 1.28 bits per heavy atom. The second-order valence-corrected chi connectivity index (χ2v) is 7.57. The molecule has 1 amide bonds. The smallest absolute Gasteiger partial charge is 0.341 e. The maximum Gasteiger partial charge on any atom is 0.341 e. The molecule has 9 heteroatoms. The molecule has 1 aromatic carbocycles. The van der Waals surface area contributed by atoms with Gasteiger partial charge >= 0.3 is 5.97 Å². The zero-order chi connectivity index (χ0) is 20.8. The Bertz CT molecular complexity index is 763. The van der Waals surface area contributed by atoms with E-state index in [1.165, 1.54) is 18.6 Å². The number of carbonyl (C=O) groups excluding carboxylic acids is 2. The van der Waals surface area contributed by atoms with Crippen molar-refractivity contribution in [2.45, 2.75) is 38.6 Å². The number of amides is 1. The number of esters is 1. The SMILES string of the molecule is C[C@@H]1CCCC[C@@H]1NC(=O)COC(=O)c1cc([N+](=O)[O-])ccc1N1CCOCC1. The molecule has 2 atom stereocenters. The van der Waals surface area contributed by atoms with Crippen LogP contribution in [-0.2, 0) is 14.3 Å². The first-order chi connectivity index (χ1) is 14.0. The van der Waals surface area contributed by atoms with Crippen LogP contribution >= 0.6 is 0 Å². The molecule has 1 saturated heterocycles. The van der Waals surface area contributed by atoms with Crippen LogP contribution in [0.2, 0.25) is 0 Å². The molecule has 1 heterocycles. The summed E-state index contributed by atoms with van der Waals surface area (Å²) in [5, 5.41) is 14.1. The molecular formula is C20H27N3O6. The standard InChI is InChI=1S/C20H27N3O6/c1-14-4-2-3-5-17(14)21-19(24)13-29-20(25)16-12-15(23(26)27)6-7-18(16)22-8-10-28-11-9-22/h6-7,12,14,17H,2-5,8-11,13H2,1H3,(H,21,24)/t14-,17+/m1/s1. The molecule has 0 unspecified atom stereocenters. The second kappa shape index (κ2) is 9.69. The van der Waals surface area contributed by atoms with E-state index >= 15 is 0 Å². The second-order valence-electron chi connectivity index (χ2n) is 7.57. The van der Waals surface area contributed by atoms with E-state index in [4.69, 9.17) is 9.47 Å². The normalized spacial score (nSPS) is 22.0. The summed E-state index contributed by atoms with van der Waals surface area (Å²) >= 11 is 0. The summed E-state index contributed by atoms with van der Waals surface area (Å²) < 4.78 is 10.5. The molecule has 0 spiro atoms. The molecule has 3 rings (SSSR count). The number of nitrogens with one attached hydrogen (secondary N) is 1. The number of rotatable bonds is 6. The van der Waals surface area contributed by atoms with E-state index in [-0.39, 0.29) is 23.2 Å². The summed E-state index contributed by atoms with van der Waals surface area (Å²) in [4.78, 5) is 37.4. The van der Waals surface area contributed by atoms with Crippen molar-refractivity contribution in [1.29, 1.82) is 0 Å². The van der Waals surface area contributed by atoms with Crippen LogP contribution in [0, 0.1) is 16.0 Å². The summed E-state index contributed by atoms with van der Waals surface area (Å²) in [5.74, 6) is -0.703. The van der Waals surface area contributed by atoms with Gasteiger partial charge < -0.3 is 19.7 Å². The Balaban J connectivity index is 1.67. The molecule has 1 aromatic rings. The highest BCUT2D eigenvalue weighted by Crippen LogP contribution is 2.27. The van der Waals surface area contributed by atoms with Crippen molar-refractivity contribution in [3.05, 3.63) is 33.9 Å². The summed E-state index contributed by atoms with van der Waals surface area (Å²) in [5.41, 5.74) is 0.430. The largest absolute Gasteiger partial charge is 0.452 e. The fourth-order valence-corrected chi connectivity index (χ4v) is 3.87. The highest BCUT2D eigenvalue weighted by atomic mass is 16.6. The molecular weight excluding hydrogens is 378 g/mol. The Kier molecular flexibility index (Phi) is 7.03. The number of carbonyl (C=O) groups is 2. The minimum absolute atomic E-state index is 0.0833. The first kappa shape index (κ1) is 21.0. The summed E-state index contributed by atoms with van der Waals surface area (Å²) in [6, 6.07) is 4.20. The summed E-state index contributed by atoms with van der Waals surface area (Å²) in [6.07, 6.45) is 4.24. The van der Waals surface area contributed by atoms with E-state index in [9.17, 15) is 19.7 Å². The first-order valence-corrected chi connectivity index (χ1v) is 10.0. The molecule has 0 bridgehead atoms. The topological polar surface area (TPSA) is 111 Å². The van der Waals surface area contributed by atoms with Crippen LogP contribution in [0.25, 0.3) is 0 Å². The average molecular weight is 405 g/mol. The number of benzene rings is 1. The molecule has 158 valence electrons. The van der Waals surface area contributed by atoms with Gasteiger partial charge in [0.15, 0.2) is 6.61 Å². The molecule has 1 N–H and O–H groups in total. The van der Waals surface area contributed by atoms with Crippen molar-refractivity contribution >= 4 is 23.3 Å². The number of morpholine rings is 1. The lowest BCUT2D eigenvalue weighted by molar-refractivity contribution is -0.384. The van der Waals surface area contributed by atoms with Gasteiger partial charge in [0.25, 0.3) is 11.6 Å². The van der Waals surface area contributed by atoms with Crippen LogP contribution < -0.4 is 10.2 Å². The van der Waals surface area contributed by atoms with Crippen molar-refractivity contribution in [2.75, 3.05) is 37.8 Å². The van der Waals surface area contributed by atoms with Gasteiger partial charge in [-0.3, -0.25) is 14.9 Å². The Labute approximate surface area is 169 Å². The van der Waals surface area contributed by atoms with Crippen LogP contribution in [0.3, 0.4) is 0 Å². The van der Waals surface area contributed by atoms with E-state index < -0.39 is 17.5 Å². The number of anilines is 1. The van der Waals surface area contributed by atoms with Crippen LogP contribution in [0.5, 0.6) is 0 Å². The lowest BCUT2D eigenvalue weighted by atomic mass is 9.86. The molecule has 2 aliphatic rings. The maximum atomic E-state index is 12.7. The third-order valence-electron chi connectivity index (χ3n) is 5.55. The van der Waals surface area contributed by atoms with Crippen LogP contribution in [0.4, 0.5) is 11.4 Å². The fraction of sp³-hybridized carbons (Fsp3) is 0.600. The van der Waals surface area contributed by atoms with Gasteiger partial charge in [0.1, 0.15) is 0 Å². The predicted molar refractivity (Wildman–Crippen MR) is 106 cm³/mol. The molecule has 9 nitrogen and oxygen atoms in total. The lowest BCUT2D eigenvalue weighted by Gasteiger charge is -2.30. The molecule has 1 aliphatic heterocycles. The summed E-state index contributed by atoms with van der Waals surface area (Å²) in [6.45, 7) is 3.85. The third kappa shape index (κ3) is 5.44. The van der Waals surface area contributed by atoms with Crippen LogP contribution in [0.15, 0.2) is 18.2 Å². The molecule has 1 aliphatic carbocycles. The predicted octanol–water partition coefficient (Wildman–Crippen LogP) is 2.28. The highest BCUT2D eigenvalue weighted by molar-refractivity contribution is 5.97.